The zero-order valence-electron chi connectivity index (χ0n) is 9.64. The molecule has 0 radical (unpaired) electrons. The highest BCUT2D eigenvalue weighted by atomic mass is 35.5. The van der Waals surface area contributed by atoms with Gasteiger partial charge in [-0.15, -0.1) is 0 Å². The maximum absolute atomic E-state index is 6.25. The average molecular weight is 247 g/mol. The van der Waals surface area contributed by atoms with Crippen LogP contribution in [0.3, 0.4) is 0 Å². The van der Waals surface area contributed by atoms with Gasteiger partial charge in [-0.3, -0.25) is 4.68 Å². The molecule has 1 aromatic carbocycles. The van der Waals surface area contributed by atoms with E-state index in [0.29, 0.717) is 6.04 Å². The number of benzene rings is 1. The van der Waals surface area contributed by atoms with Crippen LogP contribution in [0, 0.1) is 0 Å². The SMILES string of the molecule is Clc1ccccc1-c1ccnn1C1CCCC1. The van der Waals surface area contributed by atoms with E-state index in [9.17, 15) is 0 Å². The summed E-state index contributed by atoms with van der Waals surface area (Å²) in [5.41, 5.74) is 2.22. The first-order valence-corrected chi connectivity index (χ1v) is 6.52. The van der Waals surface area contributed by atoms with Crippen LogP contribution in [-0.4, -0.2) is 9.78 Å². The molecular formula is C14H15ClN2. The maximum atomic E-state index is 6.25. The zero-order valence-corrected chi connectivity index (χ0v) is 10.4. The highest BCUT2D eigenvalue weighted by Crippen LogP contribution is 2.34. The minimum Gasteiger partial charge on any atom is -0.262 e. The summed E-state index contributed by atoms with van der Waals surface area (Å²) in [7, 11) is 0. The van der Waals surface area contributed by atoms with Crippen molar-refractivity contribution in [2.24, 2.45) is 0 Å². The van der Waals surface area contributed by atoms with E-state index in [0.717, 1.165) is 16.3 Å². The van der Waals surface area contributed by atoms with E-state index in [2.05, 4.69) is 21.9 Å². The van der Waals surface area contributed by atoms with Crippen LogP contribution in [0.25, 0.3) is 11.3 Å². The van der Waals surface area contributed by atoms with Crippen molar-refractivity contribution in [1.29, 1.82) is 0 Å². The third-order valence-corrected chi connectivity index (χ3v) is 3.82. The van der Waals surface area contributed by atoms with E-state index < -0.39 is 0 Å². The molecule has 0 aliphatic heterocycles. The minimum atomic E-state index is 0.552. The lowest BCUT2D eigenvalue weighted by Gasteiger charge is -2.14. The van der Waals surface area contributed by atoms with Gasteiger partial charge < -0.3 is 0 Å². The normalized spacial score (nSPS) is 16.5. The number of rotatable bonds is 2. The number of halogens is 1. The summed E-state index contributed by atoms with van der Waals surface area (Å²) in [5, 5.41) is 5.27. The van der Waals surface area contributed by atoms with E-state index in [-0.39, 0.29) is 0 Å². The Morgan fingerprint density at radius 2 is 1.88 bits per heavy atom. The second kappa shape index (κ2) is 4.53. The largest absolute Gasteiger partial charge is 0.262 e. The summed E-state index contributed by atoms with van der Waals surface area (Å²) in [5.74, 6) is 0. The molecule has 0 N–H and O–H groups in total. The van der Waals surface area contributed by atoms with Gasteiger partial charge in [0.1, 0.15) is 0 Å². The first-order chi connectivity index (χ1) is 8.36. The van der Waals surface area contributed by atoms with E-state index in [4.69, 9.17) is 11.6 Å². The van der Waals surface area contributed by atoms with Gasteiger partial charge in [-0.1, -0.05) is 42.6 Å². The summed E-state index contributed by atoms with van der Waals surface area (Å²) < 4.78 is 2.15. The summed E-state index contributed by atoms with van der Waals surface area (Å²) >= 11 is 6.25. The molecule has 0 unspecified atom stereocenters. The molecule has 0 spiro atoms. The Morgan fingerprint density at radius 1 is 1.12 bits per heavy atom. The lowest BCUT2D eigenvalue weighted by atomic mass is 10.1. The minimum absolute atomic E-state index is 0.552. The Kier molecular flexibility index (Phi) is 2.89. The molecule has 0 amide bonds. The van der Waals surface area contributed by atoms with Gasteiger partial charge in [0.25, 0.3) is 0 Å². The molecule has 88 valence electrons. The average Bonchev–Trinajstić information content (AvgIpc) is 3.00. The quantitative estimate of drug-likeness (QED) is 0.772. The van der Waals surface area contributed by atoms with Crippen molar-refractivity contribution in [1.82, 2.24) is 9.78 Å². The van der Waals surface area contributed by atoms with Crippen molar-refractivity contribution in [3.8, 4) is 11.3 Å². The Morgan fingerprint density at radius 3 is 2.65 bits per heavy atom. The number of nitrogens with zero attached hydrogens (tertiary/aromatic N) is 2. The Hall–Kier alpha value is -1.28. The fourth-order valence-electron chi connectivity index (χ4n) is 2.64. The van der Waals surface area contributed by atoms with Gasteiger partial charge in [0.05, 0.1) is 11.7 Å². The van der Waals surface area contributed by atoms with E-state index >= 15 is 0 Å². The Labute approximate surface area is 106 Å². The third-order valence-electron chi connectivity index (χ3n) is 3.49. The van der Waals surface area contributed by atoms with Crippen molar-refractivity contribution in [3.63, 3.8) is 0 Å². The fraction of sp³-hybridized carbons (Fsp3) is 0.357. The van der Waals surface area contributed by atoms with Gasteiger partial charge >= 0.3 is 0 Å². The highest BCUT2D eigenvalue weighted by molar-refractivity contribution is 6.33. The van der Waals surface area contributed by atoms with E-state index in [1.54, 1.807) is 0 Å². The zero-order chi connectivity index (χ0) is 11.7. The molecule has 1 heterocycles. The Balaban J connectivity index is 2.04. The van der Waals surface area contributed by atoms with Crippen molar-refractivity contribution >= 4 is 11.6 Å². The van der Waals surface area contributed by atoms with Crippen molar-refractivity contribution < 1.29 is 0 Å². The van der Waals surface area contributed by atoms with Crippen LogP contribution in [0.5, 0.6) is 0 Å². The lowest BCUT2D eigenvalue weighted by Crippen LogP contribution is -2.08. The van der Waals surface area contributed by atoms with E-state index in [1.165, 1.54) is 25.7 Å². The van der Waals surface area contributed by atoms with Crippen LogP contribution < -0.4 is 0 Å². The van der Waals surface area contributed by atoms with Crippen LogP contribution in [0.15, 0.2) is 36.5 Å². The van der Waals surface area contributed by atoms with Crippen molar-refractivity contribution in [2.75, 3.05) is 0 Å². The van der Waals surface area contributed by atoms with Crippen LogP contribution in [0.2, 0.25) is 5.02 Å². The van der Waals surface area contributed by atoms with Gasteiger partial charge in [-0.25, -0.2) is 0 Å². The molecule has 0 bridgehead atoms. The van der Waals surface area contributed by atoms with Gasteiger partial charge in [-0.05, 0) is 25.0 Å². The number of hydrogen-bond donors (Lipinski definition) is 0. The van der Waals surface area contributed by atoms with Gasteiger partial charge in [0.15, 0.2) is 0 Å². The van der Waals surface area contributed by atoms with Crippen molar-refractivity contribution in [3.05, 3.63) is 41.6 Å². The summed E-state index contributed by atoms with van der Waals surface area (Å²) in [6, 6.07) is 10.6. The maximum Gasteiger partial charge on any atom is 0.0700 e. The number of aromatic nitrogens is 2. The summed E-state index contributed by atoms with van der Waals surface area (Å²) in [6.45, 7) is 0. The smallest absolute Gasteiger partial charge is 0.0700 e. The molecule has 17 heavy (non-hydrogen) atoms. The molecule has 2 aromatic rings. The molecule has 3 heteroatoms. The van der Waals surface area contributed by atoms with Gasteiger partial charge in [0, 0.05) is 16.8 Å². The van der Waals surface area contributed by atoms with Crippen LogP contribution >= 0.6 is 11.6 Å². The van der Waals surface area contributed by atoms with Crippen LogP contribution in [-0.2, 0) is 0 Å². The predicted octanol–water partition coefficient (Wildman–Crippen LogP) is 4.32. The second-order valence-corrected chi connectivity index (χ2v) is 4.99. The topological polar surface area (TPSA) is 17.8 Å². The first kappa shape index (κ1) is 10.8. The summed E-state index contributed by atoms with van der Waals surface area (Å²) in [4.78, 5) is 0. The fourth-order valence-corrected chi connectivity index (χ4v) is 2.87. The second-order valence-electron chi connectivity index (χ2n) is 4.58. The standard InChI is InChI=1S/C14H15ClN2/c15-13-8-4-3-7-12(13)14-9-10-16-17(14)11-5-1-2-6-11/h3-4,7-11H,1-2,5-6H2. The molecule has 2 nitrogen and oxygen atoms in total. The lowest BCUT2D eigenvalue weighted by molar-refractivity contribution is 0.472. The van der Waals surface area contributed by atoms with Gasteiger partial charge in [0.2, 0.25) is 0 Å². The van der Waals surface area contributed by atoms with Crippen molar-refractivity contribution in [2.45, 2.75) is 31.7 Å². The molecule has 3 rings (SSSR count). The first-order valence-electron chi connectivity index (χ1n) is 6.14. The molecule has 0 saturated heterocycles. The molecule has 1 fully saturated rings. The van der Waals surface area contributed by atoms with E-state index in [1.807, 2.05) is 24.4 Å². The predicted molar refractivity (Wildman–Crippen MR) is 70.2 cm³/mol. The molecule has 1 aliphatic carbocycles. The molecule has 1 aliphatic rings. The van der Waals surface area contributed by atoms with Crippen LogP contribution in [0.1, 0.15) is 31.7 Å². The molecule has 1 aromatic heterocycles. The molecule has 1 saturated carbocycles. The monoisotopic (exact) mass is 246 g/mol. The van der Waals surface area contributed by atoms with Gasteiger partial charge in [-0.2, -0.15) is 5.10 Å². The molecule has 0 atom stereocenters. The van der Waals surface area contributed by atoms with Crippen LogP contribution in [0.4, 0.5) is 0 Å². The number of hydrogen-bond acceptors (Lipinski definition) is 1. The Bertz CT molecular complexity index is 512. The molecular weight excluding hydrogens is 232 g/mol. The third kappa shape index (κ3) is 1.98. The highest BCUT2D eigenvalue weighted by Gasteiger charge is 2.20. The summed E-state index contributed by atoms with van der Waals surface area (Å²) in [6.07, 6.45) is 6.97.